The summed E-state index contributed by atoms with van der Waals surface area (Å²) in [5.74, 6) is 0.789. The fraction of sp³-hybridized carbons (Fsp3) is 0.421. The van der Waals surface area contributed by atoms with Gasteiger partial charge in [-0.05, 0) is 49.8 Å². The number of aromatic nitrogens is 2. The average molecular weight is 342 g/mol. The highest BCUT2D eigenvalue weighted by Gasteiger charge is 2.22. The second-order valence-electron chi connectivity index (χ2n) is 6.45. The highest BCUT2D eigenvalue weighted by molar-refractivity contribution is 5.94. The summed E-state index contributed by atoms with van der Waals surface area (Å²) in [6, 6.07) is 5.92. The molecule has 1 aromatic heterocycles. The first-order valence-electron chi connectivity index (χ1n) is 8.69. The van der Waals surface area contributed by atoms with Gasteiger partial charge in [0.15, 0.2) is 0 Å². The Hall–Kier alpha value is -2.50. The van der Waals surface area contributed by atoms with Crippen molar-refractivity contribution in [2.24, 2.45) is 5.92 Å². The van der Waals surface area contributed by atoms with Crippen LogP contribution in [0.5, 0.6) is 0 Å². The van der Waals surface area contributed by atoms with Crippen LogP contribution in [0.25, 0.3) is 0 Å². The fourth-order valence-electron chi connectivity index (χ4n) is 3.26. The molecule has 25 heavy (non-hydrogen) atoms. The Labute approximate surface area is 147 Å². The predicted octanol–water partition coefficient (Wildman–Crippen LogP) is 3.14. The molecule has 1 aliphatic heterocycles. The molecule has 2 aromatic rings. The van der Waals surface area contributed by atoms with Crippen molar-refractivity contribution >= 4 is 11.7 Å². The second kappa shape index (κ2) is 8.05. The standard InChI is InChI=1S/C19H23FN4O/c1-21-18-13-22-17(12-23-18)10-14-4-3-8-24(9-7-14)19(25)15-5-2-6-16(20)11-15/h2,5-6,11-14H,3-4,7-10H2,1H3,(H,21,23). The molecule has 1 atom stereocenters. The van der Waals surface area contributed by atoms with Gasteiger partial charge in [-0.3, -0.25) is 9.78 Å². The SMILES string of the molecule is CNc1cnc(CC2CCCN(C(=O)c3cccc(F)c3)CC2)cn1. The van der Waals surface area contributed by atoms with Gasteiger partial charge in [0.1, 0.15) is 11.6 Å². The zero-order valence-electron chi connectivity index (χ0n) is 14.4. The van der Waals surface area contributed by atoms with Crippen molar-refractivity contribution < 1.29 is 9.18 Å². The van der Waals surface area contributed by atoms with E-state index >= 15 is 0 Å². The number of nitrogens with zero attached hydrogens (tertiary/aromatic N) is 3. The third-order valence-corrected chi connectivity index (χ3v) is 4.67. The number of likely N-dealkylation sites (tertiary alicyclic amines) is 1. The fourth-order valence-corrected chi connectivity index (χ4v) is 3.26. The Morgan fingerprint density at radius 2 is 2.16 bits per heavy atom. The molecule has 2 heterocycles. The normalized spacial score (nSPS) is 17.8. The van der Waals surface area contributed by atoms with Crippen LogP contribution in [0.2, 0.25) is 0 Å². The maximum Gasteiger partial charge on any atom is 0.253 e. The van der Waals surface area contributed by atoms with Crippen LogP contribution < -0.4 is 5.32 Å². The van der Waals surface area contributed by atoms with E-state index in [4.69, 9.17) is 0 Å². The highest BCUT2D eigenvalue weighted by atomic mass is 19.1. The Morgan fingerprint density at radius 3 is 2.88 bits per heavy atom. The van der Waals surface area contributed by atoms with Crippen LogP contribution in [0.1, 0.15) is 35.3 Å². The van der Waals surface area contributed by atoms with Crippen LogP contribution in [-0.4, -0.2) is 40.9 Å². The Balaban J connectivity index is 1.59. The number of hydrogen-bond acceptors (Lipinski definition) is 4. The van der Waals surface area contributed by atoms with Gasteiger partial charge in [0.2, 0.25) is 0 Å². The smallest absolute Gasteiger partial charge is 0.253 e. The van der Waals surface area contributed by atoms with E-state index in [9.17, 15) is 9.18 Å². The first-order valence-corrected chi connectivity index (χ1v) is 8.69. The summed E-state index contributed by atoms with van der Waals surface area (Å²) in [5, 5.41) is 2.96. The number of carbonyl (C=O) groups excluding carboxylic acids is 1. The number of anilines is 1. The molecule has 0 spiro atoms. The van der Waals surface area contributed by atoms with Gasteiger partial charge in [-0.2, -0.15) is 0 Å². The third kappa shape index (κ3) is 4.53. The van der Waals surface area contributed by atoms with Gasteiger partial charge < -0.3 is 10.2 Å². The molecule has 3 rings (SSSR count). The van der Waals surface area contributed by atoms with Crippen LogP contribution in [0.3, 0.4) is 0 Å². The quantitative estimate of drug-likeness (QED) is 0.927. The zero-order chi connectivity index (χ0) is 17.6. The van der Waals surface area contributed by atoms with E-state index in [0.717, 1.165) is 43.7 Å². The van der Waals surface area contributed by atoms with Crippen LogP contribution in [0.4, 0.5) is 10.2 Å². The lowest BCUT2D eigenvalue weighted by molar-refractivity contribution is 0.0759. The molecule has 1 amide bonds. The molecule has 6 heteroatoms. The largest absolute Gasteiger partial charge is 0.372 e. The molecule has 1 aromatic carbocycles. The Bertz CT molecular complexity index is 720. The molecule has 0 saturated carbocycles. The average Bonchev–Trinajstić information content (AvgIpc) is 2.87. The van der Waals surface area contributed by atoms with Crippen molar-refractivity contribution in [3.05, 3.63) is 53.7 Å². The molecular weight excluding hydrogens is 319 g/mol. The van der Waals surface area contributed by atoms with E-state index in [0.29, 0.717) is 18.0 Å². The van der Waals surface area contributed by atoms with Crippen LogP contribution >= 0.6 is 0 Å². The number of carbonyl (C=O) groups is 1. The molecule has 132 valence electrons. The molecule has 5 nitrogen and oxygen atoms in total. The Morgan fingerprint density at radius 1 is 1.28 bits per heavy atom. The Kier molecular flexibility index (Phi) is 5.58. The van der Waals surface area contributed by atoms with Gasteiger partial charge in [0.25, 0.3) is 5.91 Å². The van der Waals surface area contributed by atoms with Crippen molar-refractivity contribution in [3.8, 4) is 0 Å². The van der Waals surface area contributed by atoms with Crippen LogP contribution in [0.15, 0.2) is 36.7 Å². The molecule has 0 aliphatic carbocycles. The van der Waals surface area contributed by atoms with Gasteiger partial charge in [-0.25, -0.2) is 9.37 Å². The minimum absolute atomic E-state index is 0.0849. The summed E-state index contributed by atoms with van der Waals surface area (Å²) in [5.41, 5.74) is 1.40. The van der Waals surface area contributed by atoms with E-state index in [-0.39, 0.29) is 11.7 Å². The number of rotatable bonds is 4. The van der Waals surface area contributed by atoms with E-state index in [1.807, 2.05) is 18.1 Å². The van der Waals surface area contributed by atoms with Crippen LogP contribution in [-0.2, 0) is 6.42 Å². The summed E-state index contributed by atoms with van der Waals surface area (Å²) in [7, 11) is 1.82. The number of nitrogens with one attached hydrogen (secondary N) is 1. The molecule has 0 radical (unpaired) electrons. The van der Waals surface area contributed by atoms with Crippen molar-refractivity contribution in [2.75, 3.05) is 25.5 Å². The number of halogens is 1. The van der Waals surface area contributed by atoms with Gasteiger partial charge >= 0.3 is 0 Å². The lowest BCUT2D eigenvalue weighted by atomic mass is 9.95. The lowest BCUT2D eigenvalue weighted by Crippen LogP contribution is -2.32. The molecule has 1 saturated heterocycles. The maximum absolute atomic E-state index is 13.3. The summed E-state index contributed by atoms with van der Waals surface area (Å²) in [6.07, 6.45) is 7.36. The molecule has 1 unspecified atom stereocenters. The van der Waals surface area contributed by atoms with Crippen molar-refractivity contribution in [3.63, 3.8) is 0 Å². The third-order valence-electron chi connectivity index (χ3n) is 4.67. The van der Waals surface area contributed by atoms with Crippen molar-refractivity contribution in [2.45, 2.75) is 25.7 Å². The zero-order valence-corrected chi connectivity index (χ0v) is 14.4. The van der Waals surface area contributed by atoms with E-state index in [2.05, 4.69) is 15.3 Å². The van der Waals surface area contributed by atoms with Gasteiger partial charge in [0.05, 0.1) is 18.1 Å². The molecule has 1 N–H and O–H groups in total. The summed E-state index contributed by atoms with van der Waals surface area (Å²) in [6.45, 7) is 1.41. The van der Waals surface area contributed by atoms with Gasteiger partial charge in [-0.1, -0.05) is 6.07 Å². The van der Waals surface area contributed by atoms with Gasteiger partial charge in [-0.15, -0.1) is 0 Å². The molecular formula is C19H23FN4O. The van der Waals surface area contributed by atoms with E-state index < -0.39 is 0 Å². The minimum Gasteiger partial charge on any atom is -0.372 e. The molecule has 0 bridgehead atoms. The molecule has 1 aliphatic rings. The van der Waals surface area contributed by atoms with Crippen molar-refractivity contribution in [1.82, 2.24) is 14.9 Å². The summed E-state index contributed by atoms with van der Waals surface area (Å²) < 4.78 is 13.3. The first kappa shape index (κ1) is 17.3. The van der Waals surface area contributed by atoms with Crippen LogP contribution in [0, 0.1) is 11.7 Å². The monoisotopic (exact) mass is 342 g/mol. The highest BCUT2D eigenvalue weighted by Crippen LogP contribution is 2.22. The van der Waals surface area contributed by atoms with E-state index in [1.54, 1.807) is 18.3 Å². The number of hydrogen-bond donors (Lipinski definition) is 1. The maximum atomic E-state index is 13.3. The summed E-state index contributed by atoms with van der Waals surface area (Å²) >= 11 is 0. The minimum atomic E-state index is -0.373. The van der Waals surface area contributed by atoms with Gasteiger partial charge in [0, 0.05) is 25.7 Å². The topological polar surface area (TPSA) is 58.1 Å². The number of benzene rings is 1. The predicted molar refractivity (Wildman–Crippen MR) is 94.9 cm³/mol. The summed E-state index contributed by atoms with van der Waals surface area (Å²) in [4.78, 5) is 23.2. The number of amides is 1. The first-order chi connectivity index (χ1) is 12.2. The second-order valence-corrected chi connectivity index (χ2v) is 6.45. The lowest BCUT2D eigenvalue weighted by Gasteiger charge is -2.20. The van der Waals surface area contributed by atoms with E-state index in [1.165, 1.54) is 12.1 Å². The van der Waals surface area contributed by atoms with Crippen molar-refractivity contribution in [1.29, 1.82) is 0 Å². The molecule has 1 fully saturated rings.